The molecule has 0 saturated carbocycles. The molecule has 2 amide bonds. The second kappa shape index (κ2) is 9.87. The minimum atomic E-state index is -0.659. The zero-order valence-electron chi connectivity index (χ0n) is 15.1. The van der Waals surface area contributed by atoms with Gasteiger partial charge in [-0.3, -0.25) is 14.5 Å². The van der Waals surface area contributed by atoms with Gasteiger partial charge < -0.3 is 15.1 Å². The van der Waals surface area contributed by atoms with E-state index in [0.29, 0.717) is 12.2 Å². The number of nitrogens with zero attached hydrogens (tertiary/aromatic N) is 1. The van der Waals surface area contributed by atoms with Crippen molar-refractivity contribution in [1.29, 1.82) is 0 Å². The number of furan rings is 1. The Bertz CT molecular complexity index is 761. The summed E-state index contributed by atoms with van der Waals surface area (Å²) in [5.74, 6) is 0.834. The lowest BCUT2D eigenvalue weighted by atomic mass is 10.1. The molecule has 1 saturated heterocycles. The second-order valence-corrected chi connectivity index (χ2v) is 8.22. The molecule has 3 rings (SSSR count). The van der Waals surface area contributed by atoms with Crippen LogP contribution in [0.25, 0.3) is 0 Å². The third-order valence-electron chi connectivity index (χ3n) is 4.40. The Balaban J connectivity index is 1.58. The van der Waals surface area contributed by atoms with E-state index in [1.807, 2.05) is 42.3 Å². The van der Waals surface area contributed by atoms with Crippen molar-refractivity contribution in [2.45, 2.75) is 10.9 Å². The number of nitrogens with one attached hydrogen (secondary N) is 2. The fourth-order valence-electron chi connectivity index (χ4n) is 2.97. The first kappa shape index (κ1) is 19.9. The monoisotopic (exact) mass is 405 g/mol. The molecule has 1 aromatic carbocycles. The van der Waals surface area contributed by atoms with Crippen molar-refractivity contribution in [3.8, 4) is 0 Å². The highest BCUT2D eigenvalue weighted by Gasteiger charge is 2.25. The molecular formula is C19H23N3O3S2. The summed E-state index contributed by atoms with van der Waals surface area (Å²) in [6, 6.07) is 9.32. The van der Waals surface area contributed by atoms with Gasteiger partial charge in [-0.15, -0.1) is 11.8 Å². The van der Waals surface area contributed by atoms with E-state index in [1.165, 1.54) is 0 Å². The third-order valence-corrected chi connectivity index (χ3v) is 6.07. The molecule has 1 aromatic heterocycles. The lowest BCUT2D eigenvalue weighted by molar-refractivity contribution is -0.136. The molecule has 144 valence electrons. The topological polar surface area (TPSA) is 74.6 Å². The van der Waals surface area contributed by atoms with Crippen LogP contribution in [0.1, 0.15) is 11.6 Å². The molecule has 0 spiro atoms. The highest BCUT2D eigenvalue weighted by molar-refractivity contribution is 7.99. The quantitative estimate of drug-likeness (QED) is 0.569. The van der Waals surface area contributed by atoms with Crippen LogP contribution in [0.4, 0.5) is 5.69 Å². The predicted molar refractivity (Wildman–Crippen MR) is 110 cm³/mol. The van der Waals surface area contributed by atoms with Gasteiger partial charge in [-0.05, 0) is 30.5 Å². The zero-order valence-corrected chi connectivity index (χ0v) is 16.8. The van der Waals surface area contributed by atoms with Gasteiger partial charge in [0.1, 0.15) is 0 Å². The van der Waals surface area contributed by atoms with Crippen LogP contribution < -0.4 is 10.6 Å². The summed E-state index contributed by atoms with van der Waals surface area (Å²) in [6.45, 7) is 2.26. The van der Waals surface area contributed by atoms with E-state index >= 15 is 0 Å². The van der Waals surface area contributed by atoms with Gasteiger partial charge in [0.2, 0.25) is 0 Å². The first-order valence-electron chi connectivity index (χ1n) is 8.74. The van der Waals surface area contributed by atoms with Crippen molar-refractivity contribution in [3.05, 3.63) is 48.4 Å². The number of thioether (sulfide) groups is 2. The van der Waals surface area contributed by atoms with Crippen molar-refractivity contribution in [3.63, 3.8) is 0 Å². The molecule has 0 aliphatic carbocycles. The molecule has 1 aliphatic rings. The van der Waals surface area contributed by atoms with Crippen molar-refractivity contribution >= 4 is 41.0 Å². The molecule has 8 heteroatoms. The Kier molecular flexibility index (Phi) is 7.25. The molecule has 2 N–H and O–H groups in total. The Hall–Kier alpha value is -1.90. The van der Waals surface area contributed by atoms with Crippen LogP contribution >= 0.6 is 23.5 Å². The minimum absolute atomic E-state index is 0.00113. The third kappa shape index (κ3) is 5.54. The summed E-state index contributed by atoms with van der Waals surface area (Å²) in [5.41, 5.74) is 1.62. The lowest BCUT2D eigenvalue weighted by Crippen LogP contribution is -2.44. The van der Waals surface area contributed by atoms with Gasteiger partial charge in [-0.25, -0.2) is 0 Å². The number of benzene rings is 1. The molecule has 1 aliphatic heterocycles. The molecule has 1 atom stereocenters. The standard InChI is InChI=1S/C19H23N3O3S2/c1-26-16-4-2-3-15(11-16)21-19(24)18(23)20-12-17(14-5-8-25-13-14)22-6-9-27-10-7-22/h2-5,8,11,13,17H,6-7,9-10,12H2,1H3,(H,20,23)(H,21,24)/t17-/m1/s1. The number of rotatable bonds is 6. The van der Waals surface area contributed by atoms with Crippen molar-refractivity contribution < 1.29 is 14.0 Å². The van der Waals surface area contributed by atoms with Crippen molar-refractivity contribution in [2.24, 2.45) is 0 Å². The average molecular weight is 406 g/mol. The first-order chi connectivity index (χ1) is 13.2. The smallest absolute Gasteiger partial charge is 0.313 e. The molecule has 0 bridgehead atoms. The van der Waals surface area contributed by atoms with Crippen LogP contribution in [0.2, 0.25) is 0 Å². The zero-order chi connectivity index (χ0) is 19.1. The summed E-state index contributed by atoms with van der Waals surface area (Å²) in [5, 5.41) is 5.43. The Morgan fingerprint density at radius 1 is 1.26 bits per heavy atom. The number of carbonyl (C=O) groups excluding carboxylic acids is 2. The predicted octanol–water partition coefficient (Wildman–Crippen LogP) is 2.85. The second-order valence-electron chi connectivity index (χ2n) is 6.12. The van der Waals surface area contributed by atoms with E-state index in [9.17, 15) is 9.59 Å². The summed E-state index contributed by atoms with van der Waals surface area (Å²) in [7, 11) is 0. The SMILES string of the molecule is CSc1cccc(NC(=O)C(=O)NC[C@H](c2ccoc2)N2CCSCC2)c1. The molecular weight excluding hydrogens is 382 g/mol. The van der Waals surface area contributed by atoms with E-state index in [2.05, 4.69) is 15.5 Å². The maximum atomic E-state index is 12.3. The molecule has 6 nitrogen and oxygen atoms in total. The molecule has 0 unspecified atom stereocenters. The number of anilines is 1. The van der Waals surface area contributed by atoms with Crippen LogP contribution in [-0.4, -0.2) is 54.1 Å². The van der Waals surface area contributed by atoms with Gasteiger partial charge in [0.15, 0.2) is 0 Å². The lowest BCUT2D eigenvalue weighted by Gasteiger charge is -2.33. The summed E-state index contributed by atoms with van der Waals surface area (Å²) < 4.78 is 5.22. The van der Waals surface area contributed by atoms with Gasteiger partial charge in [-0.2, -0.15) is 11.8 Å². The number of hydrogen-bond donors (Lipinski definition) is 2. The van der Waals surface area contributed by atoms with Gasteiger partial charge >= 0.3 is 11.8 Å². The van der Waals surface area contributed by atoms with E-state index in [4.69, 9.17) is 4.42 Å². The Labute approximate surface area is 167 Å². The van der Waals surface area contributed by atoms with Crippen LogP contribution in [0.15, 0.2) is 52.2 Å². The van der Waals surface area contributed by atoms with Gasteiger partial charge in [-0.1, -0.05) is 6.07 Å². The van der Waals surface area contributed by atoms with E-state index in [0.717, 1.165) is 35.1 Å². The van der Waals surface area contributed by atoms with Gasteiger partial charge in [0.25, 0.3) is 0 Å². The van der Waals surface area contributed by atoms with Crippen molar-refractivity contribution in [2.75, 3.05) is 42.7 Å². The Morgan fingerprint density at radius 2 is 2.07 bits per heavy atom. The highest BCUT2D eigenvalue weighted by atomic mass is 32.2. The minimum Gasteiger partial charge on any atom is -0.472 e. The molecule has 1 fully saturated rings. The number of hydrogen-bond acceptors (Lipinski definition) is 6. The molecule has 2 aromatic rings. The fraction of sp³-hybridized carbons (Fsp3) is 0.368. The normalized spacial score (nSPS) is 15.9. The molecule has 0 radical (unpaired) electrons. The van der Waals surface area contributed by atoms with E-state index < -0.39 is 11.8 Å². The van der Waals surface area contributed by atoms with Crippen LogP contribution in [0.5, 0.6) is 0 Å². The summed E-state index contributed by atoms with van der Waals surface area (Å²) >= 11 is 3.51. The maximum Gasteiger partial charge on any atom is 0.313 e. The van der Waals surface area contributed by atoms with Crippen LogP contribution in [0.3, 0.4) is 0 Å². The Morgan fingerprint density at radius 3 is 2.78 bits per heavy atom. The van der Waals surface area contributed by atoms with E-state index in [-0.39, 0.29) is 6.04 Å². The van der Waals surface area contributed by atoms with E-state index in [1.54, 1.807) is 30.4 Å². The van der Waals surface area contributed by atoms with Crippen molar-refractivity contribution in [1.82, 2.24) is 10.2 Å². The van der Waals surface area contributed by atoms with Crippen LogP contribution in [-0.2, 0) is 9.59 Å². The average Bonchev–Trinajstić information content (AvgIpc) is 3.23. The fourth-order valence-corrected chi connectivity index (χ4v) is 4.36. The molecule has 27 heavy (non-hydrogen) atoms. The molecule has 2 heterocycles. The van der Waals surface area contributed by atoms with Gasteiger partial charge in [0, 0.05) is 47.3 Å². The number of carbonyl (C=O) groups is 2. The van der Waals surface area contributed by atoms with Gasteiger partial charge in [0.05, 0.1) is 18.6 Å². The maximum absolute atomic E-state index is 12.3. The largest absolute Gasteiger partial charge is 0.472 e. The number of amides is 2. The first-order valence-corrected chi connectivity index (χ1v) is 11.1. The highest BCUT2D eigenvalue weighted by Crippen LogP contribution is 2.24. The summed E-state index contributed by atoms with van der Waals surface area (Å²) in [4.78, 5) is 27.9. The van der Waals surface area contributed by atoms with Crippen LogP contribution in [0, 0.1) is 0 Å². The summed E-state index contributed by atoms with van der Waals surface area (Å²) in [6.07, 6.45) is 5.30.